The van der Waals surface area contributed by atoms with Crippen LogP contribution in [0, 0.1) is 11.6 Å². The maximum absolute atomic E-state index is 14.0. The van der Waals surface area contributed by atoms with Crippen molar-refractivity contribution in [1.82, 2.24) is 0 Å². The van der Waals surface area contributed by atoms with Crippen LogP contribution in [0.2, 0.25) is 0 Å². The predicted molar refractivity (Wildman–Crippen MR) is 93.0 cm³/mol. The van der Waals surface area contributed by atoms with Crippen LogP contribution in [0.5, 0.6) is 17.2 Å². The van der Waals surface area contributed by atoms with Gasteiger partial charge in [-0.2, -0.15) is 0 Å². The van der Waals surface area contributed by atoms with Crippen molar-refractivity contribution in [2.75, 3.05) is 0 Å². The van der Waals surface area contributed by atoms with Gasteiger partial charge in [0.05, 0.1) is 0 Å². The number of carbonyl (C=O) groups is 2. The summed E-state index contributed by atoms with van der Waals surface area (Å²) in [5, 5.41) is 29.2. The average molecular weight is 386 g/mol. The molecule has 0 atom stereocenters. The number of ether oxygens (including phenoxy) is 1. The summed E-state index contributed by atoms with van der Waals surface area (Å²) in [6, 6.07) is 9.75. The smallest absolute Gasteiger partial charge is 0.353 e. The maximum atomic E-state index is 14.0. The molecule has 0 radical (unpaired) electrons. The van der Waals surface area contributed by atoms with Gasteiger partial charge in [0.1, 0.15) is 40.0 Å². The number of benzene rings is 3. The van der Waals surface area contributed by atoms with Crippen LogP contribution in [-0.2, 0) is 4.74 Å². The summed E-state index contributed by atoms with van der Waals surface area (Å²) in [5.41, 5.74) is -1.01. The third-order valence-corrected chi connectivity index (χ3v) is 3.87. The molecule has 0 saturated heterocycles. The lowest BCUT2D eigenvalue weighted by molar-refractivity contribution is 0.0392. The van der Waals surface area contributed by atoms with Gasteiger partial charge < -0.3 is 20.1 Å². The van der Waals surface area contributed by atoms with Crippen molar-refractivity contribution in [3.05, 3.63) is 77.4 Å². The molecule has 3 aromatic rings. The number of phenolic OH excluding ortho intramolecular Hbond substituents is 3. The maximum Gasteiger partial charge on any atom is 0.353 e. The Balaban J connectivity index is 1.93. The fraction of sp³-hybridized carbons (Fsp3) is 0. The molecular formula is C20H12F2O6. The number of rotatable bonds is 3. The molecule has 0 aliphatic heterocycles. The lowest BCUT2D eigenvalue weighted by atomic mass is 10.0. The zero-order valence-electron chi connectivity index (χ0n) is 14.0. The Labute approximate surface area is 156 Å². The van der Waals surface area contributed by atoms with Crippen molar-refractivity contribution in [2.45, 2.75) is 0 Å². The first-order valence-corrected chi connectivity index (χ1v) is 7.84. The Kier molecular flexibility index (Phi) is 4.95. The standard InChI is InChI=1S/C20H12F2O6/c21-11-5-6-12(14(22)9-11)10-4-7-15(23)13(8-10)19(26)28-20(27)18-16(24)2-1-3-17(18)25/h1-9,23-25H. The average Bonchev–Trinajstić information content (AvgIpc) is 2.62. The van der Waals surface area contributed by atoms with Gasteiger partial charge in [-0.1, -0.05) is 12.1 Å². The molecule has 0 unspecified atom stereocenters. The first kappa shape index (κ1) is 18.8. The number of carbonyl (C=O) groups excluding carboxylic acids is 2. The summed E-state index contributed by atoms with van der Waals surface area (Å²) >= 11 is 0. The first-order valence-electron chi connectivity index (χ1n) is 7.84. The molecule has 142 valence electrons. The Morgan fingerprint density at radius 2 is 1.46 bits per heavy atom. The second kappa shape index (κ2) is 7.36. The quantitative estimate of drug-likeness (QED) is 0.468. The Hall–Kier alpha value is -3.94. The van der Waals surface area contributed by atoms with Crippen molar-refractivity contribution in [1.29, 1.82) is 0 Å². The SMILES string of the molecule is O=C(OC(=O)c1c(O)cccc1O)c1cc(-c2ccc(F)cc2F)ccc1O. The van der Waals surface area contributed by atoms with Crippen LogP contribution in [0.25, 0.3) is 11.1 Å². The van der Waals surface area contributed by atoms with Gasteiger partial charge in [-0.3, -0.25) is 0 Å². The monoisotopic (exact) mass is 386 g/mol. The number of phenols is 3. The van der Waals surface area contributed by atoms with Crippen molar-refractivity contribution in [2.24, 2.45) is 0 Å². The fourth-order valence-electron chi connectivity index (χ4n) is 2.52. The van der Waals surface area contributed by atoms with E-state index in [0.717, 1.165) is 36.4 Å². The van der Waals surface area contributed by atoms with E-state index in [4.69, 9.17) is 0 Å². The molecule has 0 spiro atoms. The molecule has 8 heteroatoms. The number of halogens is 2. The molecule has 28 heavy (non-hydrogen) atoms. The molecule has 0 aliphatic carbocycles. The highest BCUT2D eigenvalue weighted by atomic mass is 19.1. The van der Waals surface area contributed by atoms with Crippen LogP contribution in [-0.4, -0.2) is 27.3 Å². The van der Waals surface area contributed by atoms with Crippen molar-refractivity contribution in [3.63, 3.8) is 0 Å². The predicted octanol–water partition coefficient (Wildman–Crippen LogP) is 3.75. The molecule has 6 nitrogen and oxygen atoms in total. The summed E-state index contributed by atoms with van der Waals surface area (Å²) in [4.78, 5) is 24.4. The lowest BCUT2D eigenvalue weighted by Gasteiger charge is -2.10. The third kappa shape index (κ3) is 3.61. The fourth-order valence-corrected chi connectivity index (χ4v) is 2.52. The van der Waals surface area contributed by atoms with Crippen LogP contribution in [0.3, 0.4) is 0 Å². The van der Waals surface area contributed by atoms with Gasteiger partial charge in [-0.15, -0.1) is 0 Å². The number of esters is 2. The number of aromatic hydroxyl groups is 3. The van der Waals surface area contributed by atoms with E-state index in [1.807, 2.05) is 0 Å². The van der Waals surface area contributed by atoms with Crippen LogP contribution >= 0.6 is 0 Å². The molecule has 3 aromatic carbocycles. The number of hydrogen-bond donors (Lipinski definition) is 3. The second-order valence-corrected chi connectivity index (χ2v) is 5.70. The molecule has 0 aliphatic rings. The van der Waals surface area contributed by atoms with Gasteiger partial charge in [0.2, 0.25) is 0 Å². The van der Waals surface area contributed by atoms with Crippen molar-refractivity contribution >= 4 is 11.9 Å². The minimum atomic E-state index is -1.35. The normalized spacial score (nSPS) is 10.5. The van der Waals surface area contributed by atoms with Crippen molar-refractivity contribution < 1.29 is 38.4 Å². The molecule has 0 bridgehead atoms. The lowest BCUT2D eigenvalue weighted by Crippen LogP contribution is -2.13. The third-order valence-electron chi connectivity index (χ3n) is 3.87. The Bertz CT molecular complexity index is 1070. The summed E-state index contributed by atoms with van der Waals surface area (Å²) in [6.45, 7) is 0. The van der Waals surface area contributed by atoms with Crippen LogP contribution < -0.4 is 0 Å². The number of hydrogen-bond acceptors (Lipinski definition) is 6. The molecule has 3 rings (SSSR count). The second-order valence-electron chi connectivity index (χ2n) is 5.70. The molecule has 0 saturated carbocycles. The minimum Gasteiger partial charge on any atom is -0.507 e. The van der Waals surface area contributed by atoms with Gasteiger partial charge in [-0.05, 0) is 42.0 Å². The molecular weight excluding hydrogens is 374 g/mol. The molecule has 0 amide bonds. The van der Waals surface area contributed by atoms with Gasteiger partial charge in [0, 0.05) is 11.6 Å². The first-order chi connectivity index (χ1) is 13.3. The van der Waals surface area contributed by atoms with Crippen LogP contribution in [0.4, 0.5) is 8.78 Å². The van der Waals surface area contributed by atoms with E-state index in [0.29, 0.717) is 6.07 Å². The summed E-state index contributed by atoms with van der Waals surface area (Å²) in [5.74, 6) is -6.08. The topological polar surface area (TPSA) is 104 Å². The zero-order chi connectivity index (χ0) is 20.4. The summed E-state index contributed by atoms with van der Waals surface area (Å²) in [7, 11) is 0. The van der Waals surface area contributed by atoms with E-state index < -0.39 is 51.9 Å². The van der Waals surface area contributed by atoms with E-state index >= 15 is 0 Å². The van der Waals surface area contributed by atoms with E-state index in [1.54, 1.807) is 0 Å². The van der Waals surface area contributed by atoms with E-state index in [-0.39, 0.29) is 11.1 Å². The Morgan fingerprint density at radius 3 is 2.11 bits per heavy atom. The molecule has 0 heterocycles. The Morgan fingerprint density at radius 1 is 0.786 bits per heavy atom. The molecule has 0 fully saturated rings. The zero-order valence-corrected chi connectivity index (χ0v) is 14.0. The van der Waals surface area contributed by atoms with E-state index in [2.05, 4.69) is 4.74 Å². The van der Waals surface area contributed by atoms with Gasteiger partial charge in [-0.25, -0.2) is 18.4 Å². The highest BCUT2D eigenvalue weighted by molar-refractivity contribution is 6.06. The van der Waals surface area contributed by atoms with Gasteiger partial charge in [0.15, 0.2) is 0 Å². The van der Waals surface area contributed by atoms with E-state index in [1.165, 1.54) is 12.1 Å². The van der Waals surface area contributed by atoms with E-state index in [9.17, 15) is 33.7 Å². The molecule has 0 aromatic heterocycles. The van der Waals surface area contributed by atoms with Gasteiger partial charge in [0.25, 0.3) is 0 Å². The highest BCUT2D eigenvalue weighted by Crippen LogP contribution is 2.30. The van der Waals surface area contributed by atoms with Gasteiger partial charge >= 0.3 is 11.9 Å². The highest BCUT2D eigenvalue weighted by Gasteiger charge is 2.24. The summed E-state index contributed by atoms with van der Waals surface area (Å²) < 4.78 is 31.6. The summed E-state index contributed by atoms with van der Waals surface area (Å²) in [6.07, 6.45) is 0. The largest absolute Gasteiger partial charge is 0.507 e. The van der Waals surface area contributed by atoms with Crippen LogP contribution in [0.15, 0.2) is 54.6 Å². The minimum absolute atomic E-state index is 0.0416. The van der Waals surface area contributed by atoms with Crippen molar-refractivity contribution in [3.8, 4) is 28.4 Å². The van der Waals surface area contributed by atoms with Crippen LogP contribution in [0.1, 0.15) is 20.7 Å². The molecule has 3 N–H and O–H groups in total.